The molecule has 1 N–H and O–H groups in total. The molecular formula is C10H12O4. The minimum Gasteiger partial charge on any atom is -0.481 e. The predicted molar refractivity (Wildman–Crippen MR) is 47.4 cm³/mol. The molecule has 0 aromatic heterocycles. The highest BCUT2D eigenvalue weighted by Crippen LogP contribution is 2.48. The third-order valence-electron chi connectivity index (χ3n) is 3.22. The maximum Gasteiger partial charge on any atom is 0.310 e. The highest BCUT2D eigenvalue weighted by atomic mass is 16.5. The van der Waals surface area contributed by atoms with Gasteiger partial charge >= 0.3 is 11.9 Å². The zero-order valence-electron chi connectivity index (χ0n) is 7.84. The van der Waals surface area contributed by atoms with Gasteiger partial charge in [0.1, 0.15) is 0 Å². The maximum atomic E-state index is 11.4. The Morgan fingerprint density at radius 3 is 2.36 bits per heavy atom. The molecule has 0 aromatic carbocycles. The van der Waals surface area contributed by atoms with Gasteiger partial charge in [0.05, 0.1) is 18.9 Å². The Kier molecular flexibility index (Phi) is 2.06. The van der Waals surface area contributed by atoms with Crippen molar-refractivity contribution in [2.45, 2.75) is 6.42 Å². The molecule has 0 amide bonds. The molecule has 0 radical (unpaired) electrons. The van der Waals surface area contributed by atoms with Crippen molar-refractivity contribution in [3.63, 3.8) is 0 Å². The quantitative estimate of drug-likeness (QED) is 0.521. The van der Waals surface area contributed by atoms with Crippen LogP contribution < -0.4 is 0 Å². The Labute approximate surface area is 81.6 Å². The van der Waals surface area contributed by atoms with E-state index in [9.17, 15) is 9.59 Å². The van der Waals surface area contributed by atoms with Crippen molar-refractivity contribution in [1.82, 2.24) is 0 Å². The van der Waals surface area contributed by atoms with Gasteiger partial charge in [-0.3, -0.25) is 9.59 Å². The average Bonchev–Trinajstić information content (AvgIpc) is 2.74. The number of allylic oxidation sites excluding steroid dienone is 2. The number of carbonyl (C=O) groups excluding carboxylic acids is 1. The van der Waals surface area contributed by atoms with Crippen molar-refractivity contribution in [1.29, 1.82) is 0 Å². The Bertz CT molecular complexity index is 307. The highest BCUT2D eigenvalue weighted by molar-refractivity contribution is 5.83. The number of methoxy groups -OCH3 is 1. The van der Waals surface area contributed by atoms with Crippen LogP contribution in [-0.4, -0.2) is 24.2 Å². The van der Waals surface area contributed by atoms with Gasteiger partial charge in [-0.1, -0.05) is 12.2 Å². The van der Waals surface area contributed by atoms with Crippen LogP contribution in [-0.2, 0) is 14.3 Å². The summed E-state index contributed by atoms with van der Waals surface area (Å²) in [6.07, 6.45) is 4.62. The molecule has 4 atom stereocenters. The van der Waals surface area contributed by atoms with Crippen LogP contribution in [0.15, 0.2) is 12.2 Å². The van der Waals surface area contributed by atoms with Gasteiger partial charge in [0, 0.05) is 0 Å². The SMILES string of the molecule is COC(=O)[C@@H]1C2C=CC(C2)[C@@H]1C(=O)O. The van der Waals surface area contributed by atoms with Crippen LogP contribution >= 0.6 is 0 Å². The van der Waals surface area contributed by atoms with E-state index in [1.165, 1.54) is 7.11 Å². The molecule has 76 valence electrons. The monoisotopic (exact) mass is 196 g/mol. The highest BCUT2D eigenvalue weighted by Gasteiger charge is 2.52. The molecule has 1 fully saturated rings. The second-order valence-electron chi connectivity index (χ2n) is 3.86. The van der Waals surface area contributed by atoms with Crippen LogP contribution in [0.25, 0.3) is 0 Å². The van der Waals surface area contributed by atoms with Crippen LogP contribution in [0.4, 0.5) is 0 Å². The number of hydrogen-bond acceptors (Lipinski definition) is 3. The van der Waals surface area contributed by atoms with Crippen LogP contribution in [0.3, 0.4) is 0 Å². The number of rotatable bonds is 2. The van der Waals surface area contributed by atoms with E-state index in [0.29, 0.717) is 0 Å². The minimum absolute atomic E-state index is 0.0154. The molecule has 2 aliphatic rings. The summed E-state index contributed by atoms with van der Waals surface area (Å²) in [6, 6.07) is 0. The van der Waals surface area contributed by atoms with E-state index in [1.807, 2.05) is 12.2 Å². The van der Waals surface area contributed by atoms with Crippen molar-refractivity contribution in [3.05, 3.63) is 12.2 Å². The number of carboxylic acid groups (broad SMARTS) is 1. The van der Waals surface area contributed by atoms with E-state index in [-0.39, 0.29) is 11.8 Å². The van der Waals surface area contributed by atoms with Crippen molar-refractivity contribution in [2.24, 2.45) is 23.7 Å². The summed E-state index contributed by atoms with van der Waals surface area (Å²) in [6.45, 7) is 0. The van der Waals surface area contributed by atoms with Crippen molar-refractivity contribution in [2.75, 3.05) is 7.11 Å². The van der Waals surface area contributed by atoms with Crippen LogP contribution in [0.5, 0.6) is 0 Å². The minimum atomic E-state index is -0.891. The molecule has 2 aliphatic carbocycles. The molecule has 4 nitrogen and oxygen atoms in total. The lowest BCUT2D eigenvalue weighted by atomic mass is 9.83. The normalized spacial score (nSPS) is 38.6. The van der Waals surface area contributed by atoms with Gasteiger partial charge in [0.15, 0.2) is 0 Å². The molecule has 0 aromatic rings. The van der Waals surface area contributed by atoms with E-state index in [2.05, 4.69) is 4.74 Å². The lowest BCUT2D eigenvalue weighted by molar-refractivity contribution is -0.156. The second-order valence-corrected chi connectivity index (χ2v) is 3.86. The van der Waals surface area contributed by atoms with Crippen LogP contribution in [0.1, 0.15) is 6.42 Å². The summed E-state index contributed by atoms with van der Waals surface area (Å²) < 4.78 is 4.63. The number of aliphatic carboxylic acids is 1. The first kappa shape index (κ1) is 9.24. The van der Waals surface area contributed by atoms with Gasteiger partial charge in [0.25, 0.3) is 0 Å². The standard InChI is InChI=1S/C10H12O4/c1-14-10(13)8-6-3-2-5(4-6)7(8)9(11)12/h2-3,5-8H,4H2,1H3,(H,11,12)/t5?,6?,7-,8+/m0/s1. The van der Waals surface area contributed by atoms with Crippen LogP contribution in [0.2, 0.25) is 0 Å². The number of esters is 1. The second kappa shape index (κ2) is 3.12. The molecule has 2 unspecified atom stereocenters. The third kappa shape index (κ3) is 1.14. The first-order valence-corrected chi connectivity index (χ1v) is 4.64. The molecule has 14 heavy (non-hydrogen) atoms. The van der Waals surface area contributed by atoms with Crippen molar-refractivity contribution >= 4 is 11.9 Å². The van der Waals surface area contributed by atoms with Gasteiger partial charge in [-0.15, -0.1) is 0 Å². The predicted octanol–water partition coefficient (Wildman–Crippen LogP) is 0.682. The number of carbonyl (C=O) groups is 2. The summed E-state index contributed by atoms with van der Waals surface area (Å²) in [5, 5.41) is 9.01. The first-order chi connectivity index (χ1) is 6.65. The molecular weight excluding hydrogens is 184 g/mol. The Morgan fingerprint density at radius 1 is 1.29 bits per heavy atom. The van der Waals surface area contributed by atoms with E-state index in [0.717, 1.165) is 6.42 Å². The summed E-state index contributed by atoms with van der Waals surface area (Å²) in [5.41, 5.74) is 0. The fourth-order valence-electron chi connectivity index (χ4n) is 2.62. The van der Waals surface area contributed by atoms with E-state index < -0.39 is 23.8 Å². The largest absolute Gasteiger partial charge is 0.481 e. The average molecular weight is 196 g/mol. The molecule has 4 heteroatoms. The molecule has 1 saturated carbocycles. The fourth-order valence-corrected chi connectivity index (χ4v) is 2.62. The summed E-state index contributed by atoms with van der Waals surface area (Å²) in [5.74, 6) is -2.27. The molecule has 2 rings (SSSR count). The molecule has 2 bridgehead atoms. The van der Waals surface area contributed by atoms with E-state index in [4.69, 9.17) is 5.11 Å². The number of fused-ring (bicyclic) bond motifs is 2. The molecule has 0 aliphatic heterocycles. The van der Waals surface area contributed by atoms with E-state index in [1.54, 1.807) is 0 Å². The molecule has 0 heterocycles. The Balaban J connectivity index is 2.26. The third-order valence-corrected chi connectivity index (χ3v) is 3.22. The van der Waals surface area contributed by atoms with Gasteiger partial charge in [-0.05, 0) is 18.3 Å². The van der Waals surface area contributed by atoms with Crippen molar-refractivity contribution < 1.29 is 19.4 Å². The number of hydrogen-bond donors (Lipinski definition) is 1. The fraction of sp³-hybridized carbons (Fsp3) is 0.600. The maximum absolute atomic E-state index is 11.4. The number of carboxylic acids is 1. The first-order valence-electron chi connectivity index (χ1n) is 4.64. The Morgan fingerprint density at radius 2 is 1.86 bits per heavy atom. The Hall–Kier alpha value is -1.32. The van der Waals surface area contributed by atoms with E-state index >= 15 is 0 Å². The number of ether oxygens (including phenoxy) is 1. The zero-order chi connectivity index (χ0) is 10.3. The van der Waals surface area contributed by atoms with Crippen LogP contribution in [0, 0.1) is 23.7 Å². The lowest BCUT2D eigenvalue weighted by Crippen LogP contribution is -2.33. The molecule has 0 saturated heterocycles. The topological polar surface area (TPSA) is 63.6 Å². The lowest BCUT2D eigenvalue weighted by Gasteiger charge is -2.21. The van der Waals surface area contributed by atoms with Gasteiger partial charge in [-0.2, -0.15) is 0 Å². The van der Waals surface area contributed by atoms with Gasteiger partial charge < -0.3 is 9.84 Å². The summed E-state index contributed by atoms with van der Waals surface area (Å²) in [4.78, 5) is 22.4. The van der Waals surface area contributed by atoms with Crippen molar-refractivity contribution in [3.8, 4) is 0 Å². The zero-order valence-corrected chi connectivity index (χ0v) is 7.84. The van der Waals surface area contributed by atoms with Gasteiger partial charge in [-0.25, -0.2) is 0 Å². The summed E-state index contributed by atoms with van der Waals surface area (Å²) >= 11 is 0. The smallest absolute Gasteiger partial charge is 0.310 e. The summed E-state index contributed by atoms with van der Waals surface area (Å²) in [7, 11) is 1.30. The molecule has 0 spiro atoms. The van der Waals surface area contributed by atoms with Gasteiger partial charge in [0.2, 0.25) is 0 Å².